The average Bonchev–Trinajstić information content (AvgIpc) is 3.07. The highest BCUT2D eigenvalue weighted by Gasteiger charge is 2.38. The van der Waals surface area contributed by atoms with Crippen LogP contribution < -0.4 is 5.32 Å². The molecule has 1 fully saturated rings. The molecular weight excluding hydrogens is 318 g/mol. The summed E-state index contributed by atoms with van der Waals surface area (Å²) in [7, 11) is 1.83. The molecule has 0 unspecified atom stereocenters. The molecule has 1 N–H and O–H groups in total. The molecule has 0 spiro atoms. The van der Waals surface area contributed by atoms with Crippen LogP contribution in [0.4, 0.5) is 0 Å². The van der Waals surface area contributed by atoms with E-state index in [4.69, 9.17) is 4.52 Å². The summed E-state index contributed by atoms with van der Waals surface area (Å²) in [6.07, 6.45) is 0.690. The van der Waals surface area contributed by atoms with E-state index in [1.807, 2.05) is 44.3 Å². The SMILES string of the molecule is Cc1noc(C)c1CC(=O)NC[C@@H]1CC(=O)N(C)[C@H]1c1ccccc1. The standard InChI is InChI=1S/C19H23N3O3/c1-12-16(13(2)25-21-12)10-17(23)20-11-15-9-18(24)22(3)19(15)14-7-5-4-6-8-14/h4-8,15,19H,9-11H2,1-3H3,(H,20,23)/t15-,19-/m0/s1. The number of benzene rings is 1. The van der Waals surface area contributed by atoms with E-state index in [1.54, 1.807) is 11.8 Å². The van der Waals surface area contributed by atoms with Gasteiger partial charge in [0.15, 0.2) is 0 Å². The largest absolute Gasteiger partial charge is 0.361 e. The van der Waals surface area contributed by atoms with Crippen LogP contribution in [0.15, 0.2) is 34.9 Å². The van der Waals surface area contributed by atoms with Crippen molar-refractivity contribution in [3.63, 3.8) is 0 Å². The van der Waals surface area contributed by atoms with E-state index < -0.39 is 0 Å². The predicted molar refractivity (Wildman–Crippen MR) is 92.8 cm³/mol. The van der Waals surface area contributed by atoms with E-state index in [-0.39, 0.29) is 30.2 Å². The van der Waals surface area contributed by atoms with E-state index in [0.717, 1.165) is 16.8 Å². The van der Waals surface area contributed by atoms with Crippen LogP contribution in [0.25, 0.3) is 0 Å². The van der Waals surface area contributed by atoms with Gasteiger partial charge in [-0.3, -0.25) is 9.59 Å². The van der Waals surface area contributed by atoms with Crippen molar-refractivity contribution in [1.29, 1.82) is 0 Å². The molecule has 3 rings (SSSR count). The summed E-state index contributed by atoms with van der Waals surface area (Å²) in [5, 5.41) is 6.84. The van der Waals surface area contributed by atoms with Crippen LogP contribution >= 0.6 is 0 Å². The number of carbonyl (C=O) groups excluding carboxylic acids is 2. The molecular formula is C19H23N3O3. The summed E-state index contributed by atoms with van der Waals surface area (Å²) in [6, 6.07) is 9.95. The zero-order valence-electron chi connectivity index (χ0n) is 14.8. The smallest absolute Gasteiger partial charge is 0.224 e. The number of carbonyl (C=O) groups is 2. The van der Waals surface area contributed by atoms with Gasteiger partial charge in [0.1, 0.15) is 5.76 Å². The van der Waals surface area contributed by atoms with E-state index in [1.165, 1.54) is 0 Å². The topological polar surface area (TPSA) is 75.4 Å². The zero-order valence-corrected chi connectivity index (χ0v) is 14.8. The lowest BCUT2D eigenvalue weighted by Crippen LogP contribution is -2.33. The van der Waals surface area contributed by atoms with Crippen LogP contribution in [0.1, 0.15) is 35.0 Å². The number of aryl methyl sites for hydroxylation is 2. The summed E-state index contributed by atoms with van der Waals surface area (Å²) >= 11 is 0. The third-order valence-electron chi connectivity index (χ3n) is 4.92. The lowest BCUT2D eigenvalue weighted by atomic mass is 9.93. The Morgan fingerprint density at radius 3 is 2.68 bits per heavy atom. The van der Waals surface area contributed by atoms with Crippen molar-refractivity contribution >= 4 is 11.8 Å². The third-order valence-corrected chi connectivity index (χ3v) is 4.92. The number of likely N-dealkylation sites (tertiary alicyclic amines) is 1. The van der Waals surface area contributed by atoms with Crippen LogP contribution in [0, 0.1) is 19.8 Å². The Kier molecular flexibility index (Phi) is 4.88. The van der Waals surface area contributed by atoms with Crippen molar-refractivity contribution < 1.29 is 14.1 Å². The first-order valence-electron chi connectivity index (χ1n) is 8.46. The van der Waals surface area contributed by atoms with Crippen LogP contribution in [0.5, 0.6) is 0 Å². The molecule has 0 saturated carbocycles. The third kappa shape index (κ3) is 3.57. The maximum absolute atomic E-state index is 12.3. The van der Waals surface area contributed by atoms with Gasteiger partial charge in [0.25, 0.3) is 0 Å². The molecule has 1 aliphatic heterocycles. The van der Waals surface area contributed by atoms with Crippen LogP contribution in [-0.4, -0.2) is 35.5 Å². The highest BCUT2D eigenvalue weighted by atomic mass is 16.5. The van der Waals surface area contributed by atoms with Crippen molar-refractivity contribution in [3.05, 3.63) is 52.9 Å². The Bertz CT molecular complexity index is 750. The molecule has 1 aromatic carbocycles. The van der Waals surface area contributed by atoms with Gasteiger partial charge in [0, 0.05) is 31.5 Å². The second-order valence-corrected chi connectivity index (χ2v) is 6.61. The highest BCUT2D eigenvalue weighted by molar-refractivity contribution is 5.81. The Hall–Kier alpha value is -2.63. The molecule has 2 amide bonds. The van der Waals surface area contributed by atoms with Crippen molar-refractivity contribution in [1.82, 2.24) is 15.4 Å². The maximum Gasteiger partial charge on any atom is 0.224 e. The fourth-order valence-electron chi connectivity index (χ4n) is 3.50. The van der Waals surface area contributed by atoms with E-state index in [2.05, 4.69) is 10.5 Å². The fraction of sp³-hybridized carbons (Fsp3) is 0.421. The van der Waals surface area contributed by atoms with Gasteiger partial charge in [-0.15, -0.1) is 0 Å². The molecule has 2 atom stereocenters. The van der Waals surface area contributed by atoms with Gasteiger partial charge in [-0.05, 0) is 19.4 Å². The average molecular weight is 341 g/mol. The maximum atomic E-state index is 12.3. The molecule has 0 bridgehead atoms. The van der Waals surface area contributed by atoms with Crippen LogP contribution in [0.3, 0.4) is 0 Å². The Labute approximate surface area is 147 Å². The number of amides is 2. The van der Waals surface area contributed by atoms with Crippen molar-refractivity contribution in [3.8, 4) is 0 Å². The zero-order chi connectivity index (χ0) is 18.0. The van der Waals surface area contributed by atoms with Crippen molar-refractivity contribution in [2.45, 2.75) is 32.7 Å². The number of hydrogen-bond donors (Lipinski definition) is 1. The van der Waals surface area contributed by atoms with E-state index >= 15 is 0 Å². The minimum absolute atomic E-state index is 0.00642. The van der Waals surface area contributed by atoms with E-state index in [9.17, 15) is 9.59 Å². The molecule has 0 radical (unpaired) electrons. The fourth-order valence-corrected chi connectivity index (χ4v) is 3.50. The van der Waals surface area contributed by atoms with Gasteiger partial charge in [-0.2, -0.15) is 0 Å². The first-order valence-corrected chi connectivity index (χ1v) is 8.46. The molecule has 6 nitrogen and oxygen atoms in total. The van der Waals surface area contributed by atoms with Gasteiger partial charge in [0.05, 0.1) is 18.2 Å². The summed E-state index contributed by atoms with van der Waals surface area (Å²) in [4.78, 5) is 26.2. The van der Waals surface area contributed by atoms with Gasteiger partial charge >= 0.3 is 0 Å². The quantitative estimate of drug-likeness (QED) is 0.904. The molecule has 132 valence electrons. The van der Waals surface area contributed by atoms with Crippen molar-refractivity contribution in [2.24, 2.45) is 5.92 Å². The van der Waals surface area contributed by atoms with Gasteiger partial charge < -0.3 is 14.7 Å². The Morgan fingerprint density at radius 1 is 1.32 bits per heavy atom. The Morgan fingerprint density at radius 2 is 2.04 bits per heavy atom. The predicted octanol–water partition coefficient (Wildman–Crippen LogP) is 2.17. The monoisotopic (exact) mass is 341 g/mol. The number of rotatable bonds is 5. The van der Waals surface area contributed by atoms with Crippen LogP contribution in [0.2, 0.25) is 0 Å². The summed E-state index contributed by atoms with van der Waals surface area (Å²) < 4.78 is 5.10. The minimum Gasteiger partial charge on any atom is -0.361 e. The number of aromatic nitrogens is 1. The molecule has 25 heavy (non-hydrogen) atoms. The lowest BCUT2D eigenvalue weighted by Gasteiger charge is -2.25. The lowest BCUT2D eigenvalue weighted by molar-refractivity contribution is -0.127. The van der Waals surface area contributed by atoms with Gasteiger partial charge in [0.2, 0.25) is 11.8 Å². The van der Waals surface area contributed by atoms with E-state index in [0.29, 0.717) is 18.7 Å². The first kappa shape index (κ1) is 17.2. The summed E-state index contributed by atoms with van der Waals surface area (Å²) in [5.41, 5.74) is 2.67. The highest BCUT2D eigenvalue weighted by Crippen LogP contribution is 2.36. The molecule has 1 aromatic heterocycles. The van der Waals surface area contributed by atoms with Gasteiger partial charge in [-0.25, -0.2) is 0 Å². The summed E-state index contributed by atoms with van der Waals surface area (Å²) in [5.74, 6) is 0.765. The second kappa shape index (κ2) is 7.09. The van der Waals surface area contributed by atoms with Crippen molar-refractivity contribution in [2.75, 3.05) is 13.6 Å². The number of nitrogens with one attached hydrogen (secondary N) is 1. The van der Waals surface area contributed by atoms with Gasteiger partial charge in [-0.1, -0.05) is 35.5 Å². The molecule has 1 saturated heterocycles. The molecule has 2 aromatic rings. The minimum atomic E-state index is -0.0804. The first-order chi connectivity index (χ1) is 12.0. The Balaban J connectivity index is 1.65. The summed E-state index contributed by atoms with van der Waals surface area (Å²) in [6.45, 7) is 4.10. The number of nitrogens with zero attached hydrogens (tertiary/aromatic N) is 2. The second-order valence-electron chi connectivity index (χ2n) is 6.61. The van der Waals surface area contributed by atoms with Crippen LogP contribution in [-0.2, 0) is 16.0 Å². The molecule has 0 aliphatic carbocycles. The number of hydrogen-bond acceptors (Lipinski definition) is 4. The molecule has 6 heteroatoms. The normalized spacial score (nSPS) is 20.1. The molecule has 1 aliphatic rings. The molecule has 2 heterocycles.